The summed E-state index contributed by atoms with van der Waals surface area (Å²) in [6.07, 6.45) is 4.43. The third-order valence-corrected chi connectivity index (χ3v) is 4.74. The van der Waals surface area contributed by atoms with Crippen molar-refractivity contribution < 1.29 is 9.53 Å². The van der Waals surface area contributed by atoms with Gasteiger partial charge in [-0.25, -0.2) is 4.79 Å². The molecule has 0 spiro atoms. The first kappa shape index (κ1) is 18.5. The van der Waals surface area contributed by atoms with Crippen molar-refractivity contribution in [3.05, 3.63) is 41.2 Å². The highest BCUT2D eigenvalue weighted by Crippen LogP contribution is 2.28. The van der Waals surface area contributed by atoms with E-state index in [0.717, 1.165) is 30.8 Å². The first-order valence-corrected chi connectivity index (χ1v) is 9.13. The monoisotopic (exact) mass is 377 g/mol. The van der Waals surface area contributed by atoms with Gasteiger partial charge in [-0.3, -0.25) is 4.68 Å². The molecule has 2 N–H and O–H groups in total. The highest BCUT2D eigenvalue weighted by Gasteiger charge is 2.17. The summed E-state index contributed by atoms with van der Waals surface area (Å²) in [7, 11) is 1.85. The molecule has 2 aromatic rings. The second-order valence-corrected chi connectivity index (χ2v) is 6.68. The van der Waals surface area contributed by atoms with E-state index in [1.165, 1.54) is 0 Å². The van der Waals surface area contributed by atoms with Crippen LogP contribution in [-0.4, -0.2) is 42.1 Å². The van der Waals surface area contributed by atoms with Crippen LogP contribution in [0.25, 0.3) is 0 Å². The summed E-state index contributed by atoms with van der Waals surface area (Å²) in [4.78, 5) is 14.7. The van der Waals surface area contributed by atoms with Crippen LogP contribution < -0.4 is 15.5 Å². The van der Waals surface area contributed by atoms with Crippen LogP contribution in [0.15, 0.2) is 30.6 Å². The number of urea groups is 1. The molecule has 0 radical (unpaired) electrons. The lowest BCUT2D eigenvalue weighted by Gasteiger charge is -2.29. The van der Waals surface area contributed by atoms with Crippen molar-refractivity contribution in [3.63, 3.8) is 0 Å². The van der Waals surface area contributed by atoms with E-state index in [4.69, 9.17) is 16.3 Å². The Kier molecular flexibility index (Phi) is 6.00. The van der Waals surface area contributed by atoms with Crippen LogP contribution in [0.1, 0.15) is 24.9 Å². The maximum atomic E-state index is 12.5. The number of carbonyl (C=O) groups excluding carboxylic acids is 1. The molecule has 2 heterocycles. The molecule has 8 heteroatoms. The highest BCUT2D eigenvalue weighted by molar-refractivity contribution is 6.33. The van der Waals surface area contributed by atoms with Crippen LogP contribution in [0.4, 0.5) is 16.2 Å². The molecule has 1 aromatic carbocycles. The lowest BCUT2D eigenvalue weighted by molar-refractivity contribution is 0.122. The number of aryl methyl sites for hydroxylation is 1. The largest absolute Gasteiger partial charge is 0.378 e. The van der Waals surface area contributed by atoms with E-state index >= 15 is 0 Å². The third kappa shape index (κ3) is 4.47. The first-order valence-electron chi connectivity index (χ1n) is 8.75. The second-order valence-electron chi connectivity index (χ2n) is 6.27. The molecule has 1 aliphatic heterocycles. The van der Waals surface area contributed by atoms with Crippen molar-refractivity contribution in [2.24, 2.45) is 7.05 Å². The van der Waals surface area contributed by atoms with Crippen molar-refractivity contribution in [2.75, 3.05) is 36.5 Å². The number of ether oxygens (including phenoxy) is 1. The fourth-order valence-corrected chi connectivity index (χ4v) is 3.15. The molecule has 1 saturated heterocycles. The Morgan fingerprint density at radius 2 is 2.15 bits per heavy atom. The number of halogens is 1. The number of anilines is 2. The molecule has 0 aliphatic carbocycles. The summed E-state index contributed by atoms with van der Waals surface area (Å²) in [6.45, 7) is 5.08. The normalized spacial score (nSPS) is 15.6. The van der Waals surface area contributed by atoms with E-state index in [-0.39, 0.29) is 12.1 Å². The predicted octanol–water partition coefficient (Wildman–Crippen LogP) is 3.18. The summed E-state index contributed by atoms with van der Waals surface area (Å²) >= 11 is 6.27. The second kappa shape index (κ2) is 8.42. The molecular formula is C18H24ClN5O2. The summed E-state index contributed by atoms with van der Waals surface area (Å²) in [6, 6.07) is 5.27. The number of morpholine rings is 1. The summed E-state index contributed by atoms with van der Waals surface area (Å²) < 4.78 is 7.11. The number of amides is 2. The molecule has 140 valence electrons. The average Bonchev–Trinajstić information content (AvgIpc) is 3.08. The fourth-order valence-electron chi connectivity index (χ4n) is 2.99. The van der Waals surface area contributed by atoms with E-state index in [1.807, 2.05) is 32.3 Å². The van der Waals surface area contributed by atoms with Gasteiger partial charge in [-0.1, -0.05) is 18.5 Å². The molecule has 1 fully saturated rings. The summed E-state index contributed by atoms with van der Waals surface area (Å²) in [5, 5.41) is 10.5. The minimum Gasteiger partial charge on any atom is -0.378 e. The Balaban J connectivity index is 1.68. The number of aromatic nitrogens is 2. The number of hydrogen-bond acceptors (Lipinski definition) is 4. The van der Waals surface area contributed by atoms with Crippen molar-refractivity contribution in [1.82, 2.24) is 15.1 Å². The van der Waals surface area contributed by atoms with Gasteiger partial charge in [-0.2, -0.15) is 5.10 Å². The van der Waals surface area contributed by atoms with Crippen molar-refractivity contribution in [1.29, 1.82) is 0 Å². The van der Waals surface area contributed by atoms with Crippen LogP contribution >= 0.6 is 11.6 Å². The molecular weight excluding hydrogens is 354 g/mol. The number of rotatable bonds is 5. The van der Waals surface area contributed by atoms with Gasteiger partial charge in [0.2, 0.25) is 0 Å². The molecule has 1 aromatic heterocycles. The van der Waals surface area contributed by atoms with E-state index < -0.39 is 0 Å². The van der Waals surface area contributed by atoms with Gasteiger partial charge in [0.05, 0.1) is 36.2 Å². The number of hydrogen-bond donors (Lipinski definition) is 2. The van der Waals surface area contributed by atoms with E-state index in [9.17, 15) is 4.79 Å². The predicted molar refractivity (Wildman–Crippen MR) is 103 cm³/mol. The lowest BCUT2D eigenvalue weighted by atomic mass is 10.1. The first-order chi connectivity index (χ1) is 12.6. The average molecular weight is 378 g/mol. The number of carbonyl (C=O) groups is 1. The van der Waals surface area contributed by atoms with Gasteiger partial charge in [0.1, 0.15) is 0 Å². The Hall–Kier alpha value is -2.25. The maximum absolute atomic E-state index is 12.5. The van der Waals surface area contributed by atoms with Crippen molar-refractivity contribution in [3.8, 4) is 0 Å². The van der Waals surface area contributed by atoms with Gasteiger partial charge < -0.3 is 20.3 Å². The molecule has 0 saturated carbocycles. The Bertz CT molecular complexity index is 758. The van der Waals surface area contributed by atoms with Gasteiger partial charge in [-0.05, 0) is 24.6 Å². The third-order valence-electron chi connectivity index (χ3n) is 4.42. The quantitative estimate of drug-likeness (QED) is 0.839. The zero-order chi connectivity index (χ0) is 18.5. The fraction of sp³-hybridized carbons (Fsp3) is 0.444. The molecule has 1 atom stereocenters. The maximum Gasteiger partial charge on any atom is 0.319 e. The van der Waals surface area contributed by atoms with Gasteiger partial charge in [0.15, 0.2) is 0 Å². The van der Waals surface area contributed by atoms with Crippen LogP contribution in [-0.2, 0) is 11.8 Å². The van der Waals surface area contributed by atoms with Gasteiger partial charge in [0.25, 0.3) is 0 Å². The molecule has 1 aliphatic rings. The Morgan fingerprint density at radius 1 is 1.38 bits per heavy atom. The van der Waals surface area contributed by atoms with Gasteiger partial charge >= 0.3 is 6.03 Å². The summed E-state index contributed by atoms with van der Waals surface area (Å²) in [5.41, 5.74) is 2.58. The Labute approximate surface area is 158 Å². The SMILES string of the molecule is CC[C@H](NC(=O)Nc1cc(N2CCOCC2)ccc1Cl)c1cnn(C)c1. The van der Waals surface area contributed by atoms with Crippen LogP contribution in [0, 0.1) is 0 Å². The Morgan fingerprint density at radius 3 is 2.81 bits per heavy atom. The topological polar surface area (TPSA) is 71.4 Å². The van der Waals surface area contributed by atoms with Crippen molar-refractivity contribution >= 4 is 29.0 Å². The molecule has 3 rings (SSSR count). The van der Waals surface area contributed by atoms with E-state index in [0.29, 0.717) is 23.9 Å². The molecule has 26 heavy (non-hydrogen) atoms. The smallest absolute Gasteiger partial charge is 0.319 e. The molecule has 2 amide bonds. The molecule has 0 unspecified atom stereocenters. The minimum atomic E-state index is -0.290. The van der Waals surface area contributed by atoms with Gasteiger partial charge in [0, 0.05) is 37.6 Å². The lowest BCUT2D eigenvalue weighted by Crippen LogP contribution is -2.36. The highest BCUT2D eigenvalue weighted by atomic mass is 35.5. The number of nitrogens with zero attached hydrogens (tertiary/aromatic N) is 3. The van der Waals surface area contributed by atoms with E-state index in [1.54, 1.807) is 16.9 Å². The van der Waals surface area contributed by atoms with Crippen LogP contribution in [0.5, 0.6) is 0 Å². The number of nitrogens with one attached hydrogen (secondary N) is 2. The van der Waals surface area contributed by atoms with Crippen LogP contribution in [0.2, 0.25) is 5.02 Å². The minimum absolute atomic E-state index is 0.107. The molecule has 7 nitrogen and oxygen atoms in total. The van der Waals surface area contributed by atoms with Gasteiger partial charge in [-0.15, -0.1) is 0 Å². The zero-order valence-electron chi connectivity index (χ0n) is 15.0. The summed E-state index contributed by atoms with van der Waals surface area (Å²) in [5.74, 6) is 0. The standard InChI is InChI=1S/C18H24ClN5O2/c1-3-16(13-11-20-23(2)12-13)21-18(25)22-17-10-14(4-5-15(17)19)24-6-8-26-9-7-24/h4-5,10-12,16H,3,6-9H2,1-2H3,(H2,21,22,25)/t16-/m0/s1. The van der Waals surface area contributed by atoms with Crippen LogP contribution in [0.3, 0.4) is 0 Å². The van der Waals surface area contributed by atoms with Crippen molar-refractivity contribution in [2.45, 2.75) is 19.4 Å². The molecule has 0 bridgehead atoms. The van der Waals surface area contributed by atoms with E-state index in [2.05, 4.69) is 20.6 Å². The zero-order valence-corrected chi connectivity index (χ0v) is 15.8. The number of benzene rings is 1.